The molecule has 9 heteroatoms. The lowest BCUT2D eigenvalue weighted by Gasteiger charge is -2.09. The Balaban J connectivity index is 1.85. The first kappa shape index (κ1) is 18.1. The van der Waals surface area contributed by atoms with E-state index in [9.17, 15) is 14.4 Å². The van der Waals surface area contributed by atoms with Gasteiger partial charge in [-0.2, -0.15) is 0 Å². The maximum Gasteiger partial charge on any atom is 0.341 e. The van der Waals surface area contributed by atoms with Gasteiger partial charge in [0.1, 0.15) is 5.56 Å². The van der Waals surface area contributed by atoms with Crippen molar-refractivity contribution in [2.45, 2.75) is 19.9 Å². The number of carbonyl (C=O) groups is 2. The van der Waals surface area contributed by atoms with E-state index in [0.29, 0.717) is 27.2 Å². The number of H-pyrrole nitrogens is 1. The summed E-state index contributed by atoms with van der Waals surface area (Å²) in [6, 6.07) is 4.45. The minimum Gasteiger partial charge on any atom is -0.477 e. The third-order valence-electron chi connectivity index (χ3n) is 3.71. The summed E-state index contributed by atoms with van der Waals surface area (Å²) in [6.45, 7) is 2.01. The third-order valence-corrected chi connectivity index (χ3v) is 4.75. The van der Waals surface area contributed by atoms with Crippen molar-refractivity contribution in [3.05, 3.63) is 60.8 Å². The Kier molecular flexibility index (Phi) is 5.06. The number of aromatic carboxylic acids is 1. The molecule has 0 aliphatic heterocycles. The minimum atomic E-state index is -1.32. The Hall–Kier alpha value is -2.71. The Morgan fingerprint density at radius 2 is 2.12 bits per heavy atom. The number of thiazole rings is 1. The standard InChI is InChI=1S/C17H14ClN3O4S/c1-8-20-12(7-26-8)5-14(22)19-6-10-3-11(18)2-9-4-13(17(24)25)16(23)21-15(9)10/h2-4,7H,5-6H2,1H3,(H,19,22)(H,21,23)(H,24,25). The normalized spacial score (nSPS) is 10.8. The fourth-order valence-corrected chi connectivity index (χ4v) is 3.42. The second kappa shape index (κ2) is 7.27. The third kappa shape index (κ3) is 3.92. The lowest BCUT2D eigenvalue weighted by atomic mass is 10.1. The molecule has 0 spiro atoms. The summed E-state index contributed by atoms with van der Waals surface area (Å²) in [4.78, 5) is 41.9. The van der Waals surface area contributed by atoms with Crippen molar-refractivity contribution in [2.75, 3.05) is 0 Å². The van der Waals surface area contributed by atoms with E-state index in [1.54, 1.807) is 12.1 Å². The predicted molar refractivity (Wildman–Crippen MR) is 98.9 cm³/mol. The van der Waals surface area contributed by atoms with Gasteiger partial charge in [-0.25, -0.2) is 9.78 Å². The van der Waals surface area contributed by atoms with Crippen LogP contribution >= 0.6 is 22.9 Å². The number of hydrogen-bond donors (Lipinski definition) is 3. The molecule has 0 fully saturated rings. The molecule has 2 aromatic heterocycles. The van der Waals surface area contributed by atoms with E-state index in [0.717, 1.165) is 5.01 Å². The molecular formula is C17H14ClN3O4S. The van der Waals surface area contributed by atoms with E-state index in [4.69, 9.17) is 16.7 Å². The van der Waals surface area contributed by atoms with E-state index in [1.807, 2.05) is 12.3 Å². The summed E-state index contributed by atoms with van der Waals surface area (Å²) in [5.41, 5.74) is 0.644. The summed E-state index contributed by atoms with van der Waals surface area (Å²) < 4.78 is 0. The van der Waals surface area contributed by atoms with Gasteiger partial charge in [0.2, 0.25) is 5.91 Å². The summed E-state index contributed by atoms with van der Waals surface area (Å²) in [6.07, 6.45) is 0.155. The summed E-state index contributed by atoms with van der Waals surface area (Å²) in [5.74, 6) is -1.53. The molecule has 7 nitrogen and oxygen atoms in total. The molecule has 0 aliphatic carbocycles. The molecule has 0 unspecified atom stereocenters. The zero-order valence-electron chi connectivity index (χ0n) is 13.6. The van der Waals surface area contributed by atoms with Gasteiger partial charge in [0.25, 0.3) is 5.56 Å². The highest BCUT2D eigenvalue weighted by Crippen LogP contribution is 2.22. The van der Waals surface area contributed by atoms with Gasteiger partial charge in [0.05, 0.1) is 22.6 Å². The number of hydrogen-bond acceptors (Lipinski definition) is 5. The molecular weight excluding hydrogens is 378 g/mol. The molecule has 1 amide bonds. The van der Waals surface area contributed by atoms with Crippen LogP contribution in [0.15, 0.2) is 28.4 Å². The number of aromatic amines is 1. The Labute approximate surface area is 156 Å². The van der Waals surface area contributed by atoms with Crippen molar-refractivity contribution in [3.63, 3.8) is 0 Å². The highest BCUT2D eigenvalue weighted by Gasteiger charge is 2.14. The lowest BCUT2D eigenvalue weighted by molar-refractivity contribution is -0.120. The van der Waals surface area contributed by atoms with Crippen molar-refractivity contribution in [2.24, 2.45) is 0 Å². The second-order valence-corrected chi connectivity index (χ2v) is 7.16. The molecule has 0 aliphatic rings. The molecule has 3 N–H and O–H groups in total. The quantitative estimate of drug-likeness (QED) is 0.618. The Bertz CT molecular complexity index is 1070. The van der Waals surface area contributed by atoms with Gasteiger partial charge in [0.15, 0.2) is 0 Å². The number of amides is 1. The summed E-state index contributed by atoms with van der Waals surface area (Å²) in [5, 5.41) is 15.4. The van der Waals surface area contributed by atoms with E-state index in [1.165, 1.54) is 17.4 Å². The Morgan fingerprint density at radius 1 is 1.35 bits per heavy atom. The van der Waals surface area contributed by atoms with E-state index >= 15 is 0 Å². The molecule has 0 saturated carbocycles. The van der Waals surface area contributed by atoms with Crippen molar-refractivity contribution in [1.82, 2.24) is 15.3 Å². The Morgan fingerprint density at radius 3 is 2.77 bits per heavy atom. The highest BCUT2D eigenvalue weighted by atomic mass is 35.5. The second-order valence-electron chi connectivity index (χ2n) is 5.66. The van der Waals surface area contributed by atoms with Crippen LogP contribution in [0.2, 0.25) is 5.02 Å². The molecule has 1 aromatic carbocycles. The van der Waals surface area contributed by atoms with Gasteiger partial charge in [-0.3, -0.25) is 9.59 Å². The van der Waals surface area contributed by atoms with Gasteiger partial charge in [0, 0.05) is 22.3 Å². The number of benzene rings is 1. The zero-order chi connectivity index (χ0) is 18.8. The number of carboxylic acids is 1. The number of pyridine rings is 1. The van der Waals surface area contributed by atoms with Gasteiger partial charge < -0.3 is 15.4 Å². The van der Waals surface area contributed by atoms with Gasteiger partial charge >= 0.3 is 5.97 Å². The maximum absolute atomic E-state index is 12.1. The molecule has 3 rings (SSSR count). The number of aromatic nitrogens is 2. The van der Waals surface area contributed by atoms with E-state index < -0.39 is 11.5 Å². The summed E-state index contributed by atoms with van der Waals surface area (Å²) >= 11 is 7.56. The van der Waals surface area contributed by atoms with Crippen LogP contribution in [0.3, 0.4) is 0 Å². The fraction of sp³-hybridized carbons (Fsp3) is 0.176. The van der Waals surface area contributed by atoms with Crippen LogP contribution in [0, 0.1) is 6.92 Å². The number of carbonyl (C=O) groups excluding carboxylic acids is 1. The van der Waals surface area contributed by atoms with Crippen molar-refractivity contribution in [1.29, 1.82) is 0 Å². The van der Waals surface area contributed by atoms with Crippen LogP contribution < -0.4 is 10.9 Å². The average molecular weight is 392 g/mol. The number of halogens is 1. The van der Waals surface area contributed by atoms with Gasteiger partial charge in [-0.15, -0.1) is 11.3 Å². The largest absolute Gasteiger partial charge is 0.477 e. The first-order chi connectivity index (χ1) is 12.3. The van der Waals surface area contributed by atoms with Gasteiger partial charge in [-0.05, 0) is 30.7 Å². The molecule has 0 radical (unpaired) electrons. The smallest absolute Gasteiger partial charge is 0.341 e. The van der Waals surface area contributed by atoms with Crippen LogP contribution in [0.4, 0.5) is 0 Å². The van der Waals surface area contributed by atoms with E-state index in [-0.39, 0.29) is 24.4 Å². The molecule has 2 heterocycles. The molecule has 0 saturated heterocycles. The fourth-order valence-electron chi connectivity index (χ4n) is 2.56. The number of nitrogens with one attached hydrogen (secondary N) is 2. The predicted octanol–water partition coefficient (Wildman–Crippen LogP) is 2.50. The number of aryl methyl sites for hydroxylation is 1. The van der Waals surface area contributed by atoms with Gasteiger partial charge in [-0.1, -0.05) is 11.6 Å². The molecule has 0 bridgehead atoms. The number of rotatable bonds is 5. The maximum atomic E-state index is 12.1. The first-order valence-electron chi connectivity index (χ1n) is 7.60. The van der Waals surface area contributed by atoms with Crippen LogP contribution in [-0.2, 0) is 17.8 Å². The monoisotopic (exact) mass is 391 g/mol. The van der Waals surface area contributed by atoms with Crippen molar-refractivity contribution in [3.8, 4) is 0 Å². The van der Waals surface area contributed by atoms with Crippen molar-refractivity contribution >= 4 is 45.7 Å². The average Bonchev–Trinajstić information content (AvgIpc) is 2.97. The topological polar surface area (TPSA) is 112 Å². The number of carboxylic acid groups (broad SMARTS) is 1. The van der Waals surface area contributed by atoms with Crippen LogP contribution in [-0.4, -0.2) is 27.0 Å². The molecule has 3 aromatic rings. The summed E-state index contributed by atoms with van der Waals surface area (Å²) in [7, 11) is 0. The number of nitrogens with zero attached hydrogens (tertiary/aromatic N) is 1. The number of fused-ring (bicyclic) bond motifs is 1. The SMILES string of the molecule is Cc1nc(CC(=O)NCc2cc(Cl)cc3cc(C(=O)O)c(=O)[nH]c23)cs1. The zero-order valence-corrected chi connectivity index (χ0v) is 15.2. The highest BCUT2D eigenvalue weighted by molar-refractivity contribution is 7.09. The van der Waals surface area contributed by atoms with Crippen LogP contribution in [0.1, 0.15) is 26.6 Å². The van der Waals surface area contributed by atoms with Crippen LogP contribution in [0.5, 0.6) is 0 Å². The molecule has 0 atom stereocenters. The van der Waals surface area contributed by atoms with Crippen LogP contribution in [0.25, 0.3) is 10.9 Å². The first-order valence-corrected chi connectivity index (χ1v) is 8.85. The molecule has 26 heavy (non-hydrogen) atoms. The lowest BCUT2D eigenvalue weighted by Crippen LogP contribution is -2.25. The van der Waals surface area contributed by atoms with E-state index in [2.05, 4.69) is 15.3 Å². The minimum absolute atomic E-state index is 0.140. The molecule has 134 valence electrons. The van der Waals surface area contributed by atoms with Crippen molar-refractivity contribution < 1.29 is 14.7 Å².